The van der Waals surface area contributed by atoms with Gasteiger partial charge in [-0.1, -0.05) is 0 Å². The maximum atomic E-state index is 12.3. The number of amides is 1. The summed E-state index contributed by atoms with van der Waals surface area (Å²) < 4.78 is 15.0. The maximum absolute atomic E-state index is 12.3. The third-order valence-corrected chi connectivity index (χ3v) is 2.94. The molecule has 0 aliphatic carbocycles. The number of hydrogen-bond donors (Lipinski definition) is 0. The van der Waals surface area contributed by atoms with Crippen molar-refractivity contribution in [2.75, 3.05) is 34.9 Å². The zero-order valence-electron chi connectivity index (χ0n) is 12.4. The molecule has 0 saturated carbocycles. The van der Waals surface area contributed by atoms with E-state index in [0.717, 1.165) is 5.56 Å². The third kappa shape index (κ3) is 3.40. The minimum absolute atomic E-state index is 0.117. The third-order valence-electron chi connectivity index (χ3n) is 2.94. The number of methoxy groups -OCH3 is 3. The second-order valence-electron chi connectivity index (χ2n) is 4.24. The van der Waals surface area contributed by atoms with Crippen LogP contribution in [0.1, 0.15) is 15.9 Å². The Labute approximate surface area is 118 Å². The van der Waals surface area contributed by atoms with Crippen molar-refractivity contribution in [2.24, 2.45) is 0 Å². The van der Waals surface area contributed by atoms with Gasteiger partial charge in [0.2, 0.25) is 0 Å². The number of carbonyl (C=O) groups excluding carboxylic acids is 2. The smallest absolute Gasteiger partial charge is 0.325 e. The van der Waals surface area contributed by atoms with E-state index in [4.69, 9.17) is 9.47 Å². The van der Waals surface area contributed by atoms with Gasteiger partial charge in [-0.15, -0.1) is 0 Å². The van der Waals surface area contributed by atoms with E-state index < -0.39 is 5.97 Å². The molecule has 0 aromatic heterocycles. The molecule has 1 aromatic carbocycles. The lowest BCUT2D eigenvalue weighted by molar-refractivity contribution is -0.141. The van der Waals surface area contributed by atoms with E-state index in [1.807, 2.05) is 6.92 Å². The Hall–Kier alpha value is -2.24. The van der Waals surface area contributed by atoms with Crippen LogP contribution in [-0.2, 0) is 9.53 Å². The van der Waals surface area contributed by atoms with Crippen LogP contribution in [0.25, 0.3) is 0 Å². The zero-order valence-corrected chi connectivity index (χ0v) is 12.4. The van der Waals surface area contributed by atoms with E-state index in [2.05, 4.69) is 4.74 Å². The fourth-order valence-electron chi connectivity index (χ4n) is 1.76. The zero-order chi connectivity index (χ0) is 15.3. The molecule has 1 rings (SSSR count). The van der Waals surface area contributed by atoms with Crippen LogP contribution in [0, 0.1) is 6.92 Å². The van der Waals surface area contributed by atoms with Gasteiger partial charge in [-0.2, -0.15) is 0 Å². The van der Waals surface area contributed by atoms with Crippen LogP contribution in [0.2, 0.25) is 0 Å². The van der Waals surface area contributed by atoms with Gasteiger partial charge in [0, 0.05) is 18.2 Å². The molecule has 0 aliphatic heterocycles. The molecular weight excluding hydrogens is 262 g/mol. The summed E-state index contributed by atoms with van der Waals surface area (Å²) in [6.45, 7) is 1.72. The van der Waals surface area contributed by atoms with Crippen LogP contribution in [-0.4, -0.2) is 51.7 Å². The number of carbonyl (C=O) groups is 2. The molecule has 0 radical (unpaired) electrons. The monoisotopic (exact) mass is 281 g/mol. The lowest BCUT2D eigenvalue weighted by Gasteiger charge is -2.18. The fourth-order valence-corrected chi connectivity index (χ4v) is 1.76. The normalized spacial score (nSPS) is 9.85. The molecule has 0 unspecified atom stereocenters. The Kier molecular flexibility index (Phi) is 5.37. The summed E-state index contributed by atoms with van der Waals surface area (Å²) in [5.74, 6) is 0.317. The van der Waals surface area contributed by atoms with Crippen molar-refractivity contribution in [1.82, 2.24) is 4.90 Å². The van der Waals surface area contributed by atoms with Gasteiger partial charge in [0.15, 0.2) is 0 Å². The molecule has 1 aromatic rings. The topological polar surface area (TPSA) is 65.1 Å². The van der Waals surface area contributed by atoms with Gasteiger partial charge < -0.3 is 19.1 Å². The quantitative estimate of drug-likeness (QED) is 0.760. The first-order valence-electron chi connectivity index (χ1n) is 5.99. The van der Waals surface area contributed by atoms with Crippen molar-refractivity contribution in [3.05, 3.63) is 23.3 Å². The Morgan fingerprint density at radius 2 is 1.60 bits per heavy atom. The van der Waals surface area contributed by atoms with Gasteiger partial charge in [-0.25, -0.2) is 0 Å². The lowest BCUT2D eigenvalue weighted by atomic mass is 10.1. The predicted molar refractivity (Wildman–Crippen MR) is 73.3 cm³/mol. The first kappa shape index (κ1) is 15.8. The second-order valence-corrected chi connectivity index (χ2v) is 4.24. The molecule has 0 bridgehead atoms. The number of benzene rings is 1. The molecule has 1 amide bonds. The van der Waals surface area contributed by atoms with E-state index in [1.165, 1.54) is 33.3 Å². The van der Waals surface area contributed by atoms with E-state index in [-0.39, 0.29) is 12.5 Å². The highest BCUT2D eigenvalue weighted by molar-refractivity contribution is 5.96. The van der Waals surface area contributed by atoms with E-state index in [9.17, 15) is 9.59 Å². The van der Waals surface area contributed by atoms with Gasteiger partial charge in [-0.3, -0.25) is 9.59 Å². The number of hydrogen-bond acceptors (Lipinski definition) is 5. The standard InChI is InChI=1S/C14H19NO5/c1-9-11(18-3)6-10(7-12(9)19-4)14(17)15(2)8-13(16)20-5/h6-7H,8H2,1-5H3. The average molecular weight is 281 g/mol. The van der Waals surface area contributed by atoms with Gasteiger partial charge >= 0.3 is 5.97 Å². The molecule has 6 heteroatoms. The Balaban J connectivity index is 3.06. The Morgan fingerprint density at radius 3 is 2.00 bits per heavy atom. The number of likely N-dealkylation sites (N-methyl/N-ethyl adjacent to an activating group) is 1. The van der Waals surface area contributed by atoms with Crippen molar-refractivity contribution in [1.29, 1.82) is 0 Å². The van der Waals surface area contributed by atoms with Crippen LogP contribution < -0.4 is 9.47 Å². The largest absolute Gasteiger partial charge is 0.496 e. The summed E-state index contributed by atoms with van der Waals surface area (Å²) in [4.78, 5) is 24.7. The Morgan fingerprint density at radius 1 is 1.10 bits per heavy atom. The van der Waals surface area contributed by atoms with Crippen LogP contribution in [0.15, 0.2) is 12.1 Å². The molecule has 0 spiro atoms. The molecule has 0 heterocycles. The summed E-state index contributed by atoms with van der Waals surface area (Å²) in [5.41, 5.74) is 1.19. The SMILES string of the molecule is COC(=O)CN(C)C(=O)c1cc(OC)c(C)c(OC)c1. The summed E-state index contributed by atoms with van der Waals surface area (Å²) in [6.07, 6.45) is 0. The van der Waals surface area contributed by atoms with Crippen molar-refractivity contribution < 1.29 is 23.8 Å². The highest BCUT2D eigenvalue weighted by atomic mass is 16.5. The average Bonchev–Trinajstić information content (AvgIpc) is 2.46. The first-order chi connectivity index (χ1) is 9.44. The minimum atomic E-state index is -0.480. The molecular formula is C14H19NO5. The summed E-state index contributed by atoms with van der Waals surface area (Å²) in [7, 11) is 5.85. The van der Waals surface area contributed by atoms with Crippen molar-refractivity contribution in [2.45, 2.75) is 6.92 Å². The molecule has 0 fully saturated rings. The van der Waals surface area contributed by atoms with E-state index >= 15 is 0 Å². The van der Waals surface area contributed by atoms with Gasteiger partial charge in [-0.05, 0) is 19.1 Å². The lowest BCUT2D eigenvalue weighted by Crippen LogP contribution is -2.32. The fraction of sp³-hybridized carbons (Fsp3) is 0.429. The minimum Gasteiger partial charge on any atom is -0.496 e. The highest BCUT2D eigenvalue weighted by Crippen LogP contribution is 2.29. The number of nitrogens with zero attached hydrogens (tertiary/aromatic N) is 1. The van der Waals surface area contributed by atoms with Gasteiger partial charge in [0.1, 0.15) is 18.0 Å². The van der Waals surface area contributed by atoms with Gasteiger partial charge in [0.25, 0.3) is 5.91 Å². The predicted octanol–water partition coefficient (Wildman–Crippen LogP) is 1.26. The van der Waals surface area contributed by atoms with Gasteiger partial charge in [0.05, 0.1) is 21.3 Å². The molecule has 0 saturated heterocycles. The second kappa shape index (κ2) is 6.79. The molecule has 0 N–H and O–H groups in total. The van der Waals surface area contributed by atoms with Crippen LogP contribution >= 0.6 is 0 Å². The number of esters is 1. The summed E-state index contributed by atoms with van der Waals surface area (Å²) >= 11 is 0. The highest BCUT2D eigenvalue weighted by Gasteiger charge is 2.18. The van der Waals surface area contributed by atoms with E-state index in [1.54, 1.807) is 12.1 Å². The maximum Gasteiger partial charge on any atom is 0.325 e. The molecule has 0 aliphatic rings. The number of ether oxygens (including phenoxy) is 3. The summed E-state index contributed by atoms with van der Waals surface area (Å²) in [6, 6.07) is 3.24. The van der Waals surface area contributed by atoms with E-state index in [0.29, 0.717) is 17.1 Å². The molecule has 20 heavy (non-hydrogen) atoms. The Bertz CT molecular complexity index is 487. The van der Waals surface area contributed by atoms with Crippen LogP contribution in [0.4, 0.5) is 0 Å². The number of rotatable bonds is 5. The van der Waals surface area contributed by atoms with Crippen molar-refractivity contribution in [3.63, 3.8) is 0 Å². The van der Waals surface area contributed by atoms with Crippen LogP contribution in [0.3, 0.4) is 0 Å². The first-order valence-corrected chi connectivity index (χ1v) is 5.99. The molecule has 0 atom stereocenters. The molecule has 110 valence electrons. The molecule has 6 nitrogen and oxygen atoms in total. The summed E-state index contributed by atoms with van der Waals surface area (Å²) in [5, 5.41) is 0. The van der Waals surface area contributed by atoms with Crippen molar-refractivity contribution in [3.8, 4) is 11.5 Å². The van der Waals surface area contributed by atoms with Crippen LogP contribution in [0.5, 0.6) is 11.5 Å². The van der Waals surface area contributed by atoms with Crippen molar-refractivity contribution >= 4 is 11.9 Å².